The van der Waals surface area contributed by atoms with Crippen molar-refractivity contribution >= 4 is 6.03 Å². The number of urea groups is 1. The number of carbonyl (C=O) groups excluding carboxylic acids is 1. The molecule has 0 unspecified atom stereocenters. The highest BCUT2D eigenvalue weighted by Gasteiger charge is 2.17. The van der Waals surface area contributed by atoms with Crippen molar-refractivity contribution < 1.29 is 4.79 Å². The third kappa shape index (κ3) is 4.18. The summed E-state index contributed by atoms with van der Waals surface area (Å²) in [6.07, 6.45) is 0. The van der Waals surface area contributed by atoms with E-state index in [1.807, 2.05) is 34.9 Å². The molecule has 0 heterocycles. The highest BCUT2D eigenvalue weighted by atomic mass is 16.2. The molecule has 0 aliphatic heterocycles. The zero-order chi connectivity index (χ0) is 9.94. The number of amides is 2. The average Bonchev–Trinajstić information content (AvgIpc) is 1.82. The molecule has 0 radical (unpaired) electrons. The molecule has 0 aliphatic rings. The largest absolute Gasteiger partial charge is 0.332 e. The van der Waals surface area contributed by atoms with Crippen LogP contribution in [0.15, 0.2) is 0 Å². The number of carbonyl (C=O) groups is 1. The van der Waals surface area contributed by atoms with Gasteiger partial charge in [-0.05, 0) is 20.8 Å². The Hall–Kier alpha value is -0.770. The Kier molecular flexibility index (Phi) is 3.52. The van der Waals surface area contributed by atoms with Gasteiger partial charge in [0.1, 0.15) is 0 Å². The zero-order valence-corrected chi connectivity index (χ0v) is 8.80. The number of rotatable bonds is 1. The molecule has 1 N–H and O–H groups in total. The van der Waals surface area contributed by atoms with E-state index >= 15 is 0 Å². The van der Waals surface area contributed by atoms with Crippen molar-refractivity contribution in [1.29, 1.82) is 0 Å². The van der Waals surface area contributed by atoms with Crippen LogP contribution in [0.5, 0.6) is 0 Å². The predicted molar refractivity (Wildman–Crippen MR) is 49.7 cm³/mol. The third-order valence-corrected chi connectivity index (χ3v) is 1.38. The smallest absolute Gasteiger partial charge is 0.332 e. The van der Waals surface area contributed by atoms with Crippen LogP contribution >= 0.6 is 0 Å². The first-order valence-corrected chi connectivity index (χ1v) is 3.97. The van der Waals surface area contributed by atoms with Crippen molar-refractivity contribution in [3.63, 3.8) is 0 Å². The van der Waals surface area contributed by atoms with Crippen molar-refractivity contribution in [3.05, 3.63) is 0 Å². The minimum Gasteiger partial charge on any atom is -0.332 e. The van der Waals surface area contributed by atoms with Crippen LogP contribution in [0.3, 0.4) is 0 Å². The lowest BCUT2D eigenvalue weighted by Crippen LogP contribution is -2.51. The molecule has 0 aromatic rings. The van der Waals surface area contributed by atoms with Crippen molar-refractivity contribution in [3.8, 4) is 0 Å². The number of hydrazine groups is 1. The van der Waals surface area contributed by atoms with Crippen LogP contribution in [-0.2, 0) is 0 Å². The summed E-state index contributed by atoms with van der Waals surface area (Å²) in [6, 6.07) is -0.0903. The van der Waals surface area contributed by atoms with Crippen molar-refractivity contribution in [1.82, 2.24) is 15.3 Å². The molecule has 4 nitrogen and oxygen atoms in total. The highest BCUT2D eigenvalue weighted by molar-refractivity contribution is 5.74. The van der Waals surface area contributed by atoms with Gasteiger partial charge in [0.2, 0.25) is 0 Å². The van der Waals surface area contributed by atoms with Gasteiger partial charge < -0.3 is 5.32 Å². The lowest BCUT2D eigenvalue weighted by Gasteiger charge is -2.29. The van der Waals surface area contributed by atoms with Gasteiger partial charge in [-0.25, -0.2) is 9.80 Å². The molecule has 4 heteroatoms. The van der Waals surface area contributed by atoms with Gasteiger partial charge in [0.25, 0.3) is 0 Å². The average molecular weight is 173 g/mol. The Balaban J connectivity index is 4.05. The lowest BCUT2D eigenvalue weighted by atomic mass is 10.1. The Morgan fingerprint density at radius 2 is 1.58 bits per heavy atom. The lowest BCUT2D eigenvalue weighted by molar-refractivity contribution is 0.0838. The maximum absolute atomic E-state index is 11.4. The number of nitrogens with zero attached hydrogens (tertiary/aromatic N) is 2. The molecule has 0 aliphatic carbocycles. The highest BCUT2D eigenvalue weighted by Crippen LogP contribution is 2.00. The third-order valence-electron chi connectivity index (χ3n) is 1.38. The fourth-order valence-corrected chi connectivity index (χ4v) is 0.583. The predicted octanol–water partition coefficient (Wildman–Crippen LogP) is 0.903. The van der Waals surface area contributed by atoms with Gasteiger partial charge >= 0.3 is 6.03 Å². The maximum atomic E-state index is 11.4. The number of hydrogen-bond donors (Lipinski definition) is 1. The van der Waals surface area contributed by atoms with E-state index in [4.69, 9.17) is 0 Å². The van der Waals surface area contributed by atoms with Gasteiger partial charge in [0.15, 0.2) is 0 Å². The Bertz CT molecular complexity index is 160. The van der Waals surface area contributed by atoms with Gasteiger partial charge in [-0.2, -0.15) is 0 Å². The monoisotopic (exact) mass is 173 g/mol. The molecular weight excluding hydrogens is 154 g/mol. The van der Waals surface area contributed by atoms with Gasteiger partial charge in [-0.1, -0.05) is 0 Å². The molecule has 0 rings (SSSR count). The van der Waals surface area contributed by atoms with Crippen molar-refractivity contribution in [2.45, 2.75) is 26.3 Å². The topological polar surface area (TPSA) is 35.6 Å². The summed E-state index contributed by atoms with van der Waals surface area (Å²) >= 11 is 0. The zero-order valence-electron chi connectivity index (χ0n) is 8.80. The van der Waals surface area contributed by atoms with E-state index in [9.17, 15) is 4.79 Å². The van der Waals surface area contributed by atoms with Crippen molar-refractivity contribution in [2.24, 2.45) is 0 Å². The van der Waals surface area contributed by atoms with Crippen LogP contribution in [-0.4, -0.2) is 42.7 Å². The van der Waals surface area contributed by atoms with Crippen LogP contribution in [0.25, 0.3) is 0 Å². The summed E-state index contributed by atoms with van der Waals surface area (Å²) in [5.41, 5.74) is -0.179. The second-order valence-corrected chi connectivity index (χ2v) is 4.05. The Morgan fingerprint density at radius 1 is 1.17 bits per heavy atom. The minimum absolute atomic E-state index is 0.0903. The Labute approximate surface area is 74.5 Å². The van der Waals surface area contributed by atoms with E-state index in [2.05, 4.69) is 5.32 Å². The summed E-state index contributed by atoms with van der Waals surface area (Å²) in [5.74, 6) is 0. The van der Waals surface area contributed by atoms with E-state index in [0.717, 1.165) is 0 Å². The van der Waals surface area contributed by atoms with Crippen LogP contribution < -0.4 is 5.32 Å². The fourth-order valence-electron chi connectivity index (χ4n) is 0.583. The number of nitrogens with one attached hydrogen (secondary N) is 1. The normalized spacial score (nSPS) is 11.6. The van der Waals surface area contributed by atoms with Gasteiger partial charge in [0.05, 0.1) is 0 Å². The summed E-state index contributed by atoms with van der Waals surface area (Å²) < 4.78 is 0. The van der Waals surface area contributed by atoms with Gasteiger partial charge in [-0.15, -0.1) is 0 Å². The van der Waals surface area contributed by atoms with Gasteiger partial charge in [0, 0.05) is 26.7 Å². The standard InChI is InChI=1S/C8H19N3O/c1-8(2,3)9-7(12)11(6)10(4)5/h1-6H3,(H,9,12). The second kappa shape index (κ2) is 3.76. The van der Waals surface area contributed by atoms with E-state index < -0.39 is 0 Å². The SMILES string of the molecule is CN(C)N(C)C(=O)NC(C)(C)C. The van der Waals surface area contributed by atoms with Crippen LogP contribution in [0.2, 0.25) is 0 Å². The summed E-state index contributed by atoms with van der Waals surface area (Å²) in [5, 5.41) is 6.09. The van der Waals surface area contributed by atoms with Crippen LogP contribution in [0, 0.1) is 0 Å². The molecule has 12 heavy (non-hydrogen) atoms. The molecule has 0 saturated heterocycles. The first-order chi connectivity index (χ1) is 5.24. The van der Waals surface area contributed by atoms with Gasteiger partial charge in [-0.3, -0.25) is 5.01 Å². The van der Waals surface area contributed by atoms with Crippen LogP contribution in [0.1, 0.15) is 20.8 Å². The molecule has 0 saturated carbocycles. The van der Waals surface area contributed by atoms with E-state index in [1.54, 1.807) is 12.1 Å². The number of hydrogen-bond acceptors (Lipinski definition) is 2. The quantitative estimate of drug-likeness (QED) is 0.598. The van der Waals surface area contributed by atoms with E-state index in [-0.39, 0.29) is 11.6 Å². The summed E-state index contributed by atoms with van der Waals surface area (Å²) in [7, 11) is 5.37. The summed E-state index contributed by atoms with van der Waals surface area (Å²) in [6.45, 7) is 5.86. The first kappa shape index (κ1) is 11.2. The molecule has 0 aromatic carbocycles. The molecule has 72 valence electrons. The second-order valence-electron chi connectivity index (χ2n) is 4.05. The molecular formula is C8H19N3O. The molecule has 0 aromatic heterocycles. The Morgan fingerprint density at radius 3 is 1.83 bits per heavy atom. The van der Waals surface area contributed by atoms with E-state index in [1.165, 1.54) is 5.01 Å². The summed E-state index contributed by atoms with van der Waals surface area (Å²) in [4.78, 5) is 11.4. The maximum Gasteiger partial charge on any atom is 0.332 e. The molecule has 0 atom stereocenters. The molecule has 0 spiro atoms. The molecule has 0 fully saturated rings. The van der Waals surface area contributed by atoms with E-state index in [0.29, 0.717) is 0 Å². The van der Waals surface area contributed by atoms with Crippen molar-refractivity contribution in [2.75, 3.05) is 21.1 Å². The van der Waals surface area contributed by atoms with Crippen LogP contribution in [0.4, 0.5) is 4.79 Å². The molecule has 0 bridgehead atoms. The minimum atomic E-state index is -0.179. The first-order valence-electron chi connectivity index (χ1n) is 3.97. The fraction of sp³-hybridized carbons (Fsp3) is 0.875. The molecule has 2 amide bonds.